The first-order chi connectivity index (χ1) is 8.71. The minimum absolute atomic E-state index is 0.0163. The molecule has 2 amide bonds. The first-order valence-electron chi connectivity index (χ1n) is 6.81. The number of likely N-dealkylation sites (tertiary alicyclic amines) is 1. The Kier molecular flexibility index (Phi) is 5.20. The zero-order chi connectivity index (χ0) is 14.6. The molecular weight excluding hydrogens is 244 g/mol. The smallest absolute Gasteiger partial charge is 0.407 e. The number of carbonyl (C=O) groups is 2. The number of alkyl carbamates (subject to hydrolysis) is 1. The fourth-order valence-electron chi connectivity index (χ4n) is 2.80. The van der Waals surface area contributed by atoms with Crippen LogP contribution in [-0.2, 0) is 9.53 Å². The Morgan fingerprint density at radius 1 is 1.32 bits per heavy atom. The highest BCUT2D eigenvalue weighted by Gasteiger charge is 2.31. The summed E-state index contributed by atoms with van der Waals surface area (Å²) in [4.78, 5) is 24.7. The molecule has 2 atom stereocenters. The second-order valence-corrected chi connectivity index (χ2v) is 6.62. The van der Waals surface area contributed by atoms with Gasteiger partial charge < -0.3 is 15.0 Å². The number of hydrogen-bond acceptors (Lipinski definition) is 3. The van der Waals surface area contributed by atoms with Crippen LogP contribution in [0.2, 0.25) is 0 Å². The highest BCUT2D eigenvalue weighted by atomic mass is 16.5. The summed E-state index contributed by atoms with van der Waals surface area (Å²) >= 11 is 0. The SMILES string of the molecule is COC(=O)NC1CC(CC(C)(C)C)CN(C(C)=O)C1. The lowest BCUT2D eigenvalue weighted by atomic mass is 9.80. The maximum Gasteiger partial charge on any atom is 0.407 e. The molecule has 0 saturated carbocycles. The first-order valence-corrected chi connectivity index (χ1v) is 6.81. The molecule has 110 valence electrons. The number of rotatable bonds is 2. The Morgan fingerprint density at radius 3 is 2.42 bits per heavy atom. The third-order valence-corrected chi connectivity index (χ3v) is 3.39. The summed E-state index contributed by atoms with van der Waals surface area (Å²) in [7, 11) is 1.35. The van der Waals surface area contributed by atoms with Gasteiger partial charge in [-0.2, -0.15) is 0 Å². The molecule has 5 heteroatoms. The van der Waals surface area contributed by atoms with E-state index in [0.717, 1.165) is 19.4 Å². The van der Waals surface area contributed by atoms with Crippen molar-refractivity contribution in [3.63, 3.8) is 0 Å². The van der Waals surface area contributed by atoms with Crippen molar-refractivity contribution < 1.29 is 14.3 Å². The molecule has 1 heterocycles. The molecule has 1 aliphatic heterocycles. The monoisotopic (exact) mass is 270 g/mol. The van der Waals surface area contributed by atoms with Crippen molar-refractivity contribution in [1.82, 2.24) is 10.2 Å². The van der Waals surface area contributed by atoms with Crippen LogP contribution in [-0.4, -0.2) is 43.1 Å². The van der Waals surface area contributed by atoms with Crippen LogP contribution in [0.15, 0.2) is 0 Å². The number of ether oxygens (including phenoxy) is 1. The van der Waals surface area contributed by atoms with E-state index in [1.54, 1.807) is 6.92 Å². The van der Waals surface area contributed by atoms with Crippen molar-refractivity contribution in [3.8, 4) is 0 Å². The van der Waals surface area contributed by atoms with E-state index in [0.29, 0.717) is 12.5 Å². The van der Waals surface area contributed by atoms with E-state index in [9.17, 15) is 9.59 Å². The average Bonchev–Trinajstić information content (AvgIpc) is 2.25. The summed E-state index contributed by atoms with van der Waals surface area (Å²) < 4.78 is 4.63. The van der Waals surface area contributed by atoms with Crippen LogP contribution < -0.4 is 5.32 Å². The average molecular weight is 270 g/mol. The molecule has 1 saturated heterocycles. The number of amides is 2. The molecule has 0 bridgehead atoms. The van der Waals surface area contributed by atoms with Crippen molar-refractivity contribution in [2.45, 2.75) is 46.6 Å². The van der Waals surface area contributed by atoms with Gasteiger partial charge in [0.1, 0.15) is 0 Å². The van der Waals surface area contributed by atoms with E-state index in [1.165, 1.54) is 7.11 Å². The van der Waals surface area contributed by atoms with E-state index in [-0.39, 0.29) is 17.4 Å². The van der Waals surface area contributed by atoms with Crippen LogP contribution in [0.4, 0.5) is 4.79 Å². The maximum absolute atomic E-state index is 11.6. The molecule has 0 spiro atoms. The fourth-order valence-corrected chi connectivity index (χ4v) is 2.80. The van der Waals surface area contributed by atoms with E-state index in [2.05, 4.69) is 30.8 Å². The van der Waals surface area contributed by atoms with E-state index in [4.69, 9.17) is 0 Å². The van der Waals surface area contributed by atoms with Crippen LogP contribution in [0.1, 0.15) is 40.5 Å². The Balaban J connectivity index is 2.68. The van der Waals surface area contributed by atoms with E-state index >= 15 is 0 Å². The van der Waals surface area contributed by atoms with Gasteiger partial charge in [0.05, 0.1) is 13.2 Å². The molecule has 0 radical (unpaired) electrons. The Labute approximate surface area is 115 Å². The Morgan fingerprint density at radius 2 is 1.95 bits per heavy atom. The highest BCUT2D eigenvalue weighted by molar-refractivity contribution is 5.73. The lowest BCUT2D eigenvalue weighted by molar-refractivity contribution is -0.131. The van der Waals surface area contributed by atoms with Crippen molar-refractivity contribution in [3.05, 3.63) is 0 Å². The standard InChI is InChI=1S/C14H26N2O3/c1-10(17)16-8-11(7-14(2,3)4)6-12(9-16)15-13(18)19-5/h11-12H,6-9H2,1-5H3,(H,15,18). The first kappa shape index (κ1) is 15.8. The fraction of sp³-hybridized carbons (Fsp3) is 0.857. The maximum atomic E-state index is 11.6. The van der Waals surface area contributed by atoms with Gasteiger partial charge >= 0.3 is 6.09 Å². The molecule has 19 heavy (non-hydrogen) atoms. The summed E-state index contributed by atoms with van der Waals surface area (Å²) in [5.74, 6) is 0.482. The minimum Gasteiger partial charge on any atom is -0.453 e. The minimum atomic E-state index is -0.426. The molecule has 1 rings (SSSR count). The quantitative estimate of drug-likeness (QED) is 0.835. The van der Waals surface area contributed by atoms with Gasteiger partial charge in [-0.25, -0.2) is 4.79 Å². The number of nitrogens with one attached hydrogen (secondary N) is 1. The molecular formula is C14H26N2O3. The lowest BCUT2D eigenvalue weighted by Crippen LogP contribution is -2.52. The van der Waals surface area contributed by atoms with E-state index in [1.807, 2.05) is 4.90 Å². The summed E-state index contributed by atoms with van der Waals surface area (Å²) in [5, 5.41) is 2.81. The molecule has 5 nitrogen and oxygen atoms in total. The Hall–Kier alpha value is -1.26. The van der Waals surface area contributed by atoms with Crippen molar-refractivity contribution >= 4 is 12.0 Å². The summed E-state index contributed by atoms with van der Waals surface area (Å²) in [6, 6.07) is -0.0163. The van der Waals surface area contributed by atoms with Crippen LogP contribution >= 0.6 is 0 Å². The number of hydrogen-bond donors (Lipinski definition) is 1. The van der Waals surface area contributed by atoms with Crippen molar-refractivity contribution in [1.29, 1.82) is 0 Å². The predicted octanol–water partition coefficient (Wildman–Crippen LogP) is 2.02. The Bertz CT molecular complexity index is 336. The molecule has 1 fully saturated rings. The second kappa shape index (κ2) is 6.26. The van der Waals surface area contributed by atoms with Crippen LogP contribution in [0, 0.1) is 11.3 Å². The topological polar surface area (TPSA) is 58.6 Å². The lowest BCUT2D eigenvalue weighted by Gasteiger charge is -2.39. The largest absolute Gasteiger partial charge is 0.453 e. The number of piperidine rings is 1. The molecule has 1 N–H and O–H groups in total. The van der Waals surface area contributed by atoms with Gasteiger partial charge in [-0.05, 0) is 24.2 Å². The van der Waals surface area contributed by atoms with Gasteiger partial charge in [0, 0.05) is 20.0 Å². The van der Waals surface area contributed by atoms with Crippen LogP contribution in [0.3, 0.4) is 0 Å². The van der Waals surface area contributed by atoms with Gasteiger partial charge in [0.2, 0.25) is 5.91 Å². The molecule has 0 aliphatic carbocycles. The number of methoxy groups -OCH3 is 1. The summed E-state index contributed by atoms with van der Waals surface area (Å²) in [6.07, 6.45) is 1.51. The molecule has 0 aromatic rings. The molecule has 0 aromatic heterocycles. The van der Waals surface area contributed by atoms with Crippen molar-refractivity contribution in [2.75, 3.05) is 20.2 Å². The summed E-state index contributed by atoms with van der Waals surface area (Å²) in [6.45, 7) is 9.53. The van der Waals surface area contributed by atoms with E-state index < -0.39 is 6.09 Å². The zero-order valence-electron chi connectivity index (χ0n) is 12.7. The third-order valence-electron chi connectivity index (χ3n) is 3.39. The van der Waals surface area contributed by atoms with Gasteiger partial charge in [-0.1, -0.05) is 20.8 Å². The van der Waals surface area contributed by atoms with Crippen LogP contribution in [0.25, 0.3) is 0 Å². The molecule has 0 aromatic carbocycles. The second-order valence-electron chi connectivity index (χ2n) is 6.62. The molecule has 1 aliphatic rings. The molecule has 2 unspecified atom stereocenters. The van der Waals surface area contributed by atoms with Crippen LogP contribution in [0.5, 0.6) is 0 Å². The number of nitrogens with zero attached hydrogens (tertiary/aromatic N) is 1. The summed E-state index contributed by atoms with van der Waals surface area (Å²) in [5.41, 5.74) is 0.223. The predicted molar refractivity (Wildman–Crippen MR) is 73.8 cm³/mol. The van der Waals surface area contributed by atoms with Gasteiger partial charge in [-0.15, -0.1) is 0 Å². The number of carbonyl (C=O) groups excluding carboxylic acids is 2. The van der Waals surface area contributed by atoms with Gasteiger partial charge in [-0.3, -0.25) is 4.79 Å². The zero-order valence-corrected chi connectivity index (χ0v) is 12.7. The highest BCUT2D eigenvalue weighted by Crippen LogP contribution is 2.30. The normalized spacial score (nSPS) is 23.9. The van der Waals surface area contributed by atoms with Crippen molar-refractivity contribution in [2.24, 2.45) is 11.3 Å². The van der Waals surface area contributed by atoms with Gasteiger partial charge in [0.25, 0.3) is 0 Å². The van der Waals surface area contributed by atoms with Gasteiger partial charge in [0.15, 0.2) is 0 Å². The third kappa shape index (κ3) is 5.49.